The highest BCUT2D eigenvalue weighted by atomic mass is 16.6. The van der Waals surface area contributed by atoms with Gasteiger partial charge in [0.15, 0.2) is 0 Å². The fraction of sp³-hybridized carbons (Fsp3) is 0.579. The van der Waals surface area contributed by atoms with E-state index in [1.807, 2.05) is 46.0 Å². The zero-order valence-corrected chi connectivity index (χ0v) is 15.1. The van der Waals surface area contributed by atoms with Gasteiger partial charge < -0.3 is 14.5 Å². The molecule has 0 radical (unpaired) electrons. The predicted octanol–water partition coefficient (Wildman–Crippen LogP) is 3.09. The van der Waals surface area contributed by atoms with E-state index in [2.05, 4.69) is 17.0 Å². The fourth-order valence-corrected chi connectivity index (χ4v) is 2.95. The van der Waals surface area contributed by atoms with Gasteiger partial charge in [-0.25, -0.2) is 4.79 Å². The number of ether oxygens (including phenoxy) is 1. The lowest BCUT2D eigenvalue weighted by atomic mass is 10.0. The van der Waals surface area contributed by atoms with Crippen LogP contribution in [0.15, 0.2) is 30.3 Å². The van der Waals surface area contributed by atoms with Crippen molar-refractivity contribution in [3.8, 4) is 0 Å². The van der Waals surface area contributed by atoms with E-state index in [-0.39, 0.29) is 17.9 Å². The number of nitrogens with zero attached hydrogens (tertiary/aromatic N) is 2. The van der Waals surface area contributed by atoms with Gasteiger partial charge >= 0.3 is 6.09 Å². The third-order valence-electron chi connectivity index (χ3n) is 3.98. The van der Waals surface area contributed by atoms with Gasteiger partial charge in [0.25, 0.3) is 0 Å². The molecule has 1 amide bonds. The lowest BCUT2D eigenvalue weighted by molar-refractivity contribution is -0.123. The Morgan fingerprint density at radius 3 is 2.58 bits per heavy atom. The zero-order chi connectivity index (χ0) is 17.7. The number of carbonyl (C=O) groups is 2. The Morgan fingerprint density at radius 1 is 1.29 bits per heavy atom. The number of carbonyl (C=O) groups excluding carboxylic acids is 2. The maximum atomic E-state index is 12.4. The molecule has 132 valence electrons. The number of ketones is 1. The second-order valence-electron chi connectivity index (χ2n) is 7.50. The SMILES string of the molecule is CN(Cc1ccccc1)CC1CC(=O)CCN1C(=O)OC(C)(C)C. The third-order valence-corrected chi connectivity index (χ3v) is 3.98. The van der Waals surface area contributed by atoms with E-state index in [4.69, 9.17) is 4.74 Å². The highest BCUT2D eigenvalue weighted by Gasteiger charge is 2.33. The number of amides is 1. The van der Waals surface area contributed by atoms with Crippen LogP contribution in [0, 0.1) is 0 Å². The number of hydrogen-bond donors (Lipinski definition) is 0. The fourth-order valence-electron chi connectivity index (χ4n) is 2.95. The van der Waals surface area contributed by atoms with Crippen LogP contribution in [0.3, 0.4) is 0 Å². The Kier molecular flexibility index (Phi) is 5.99. The van der Waals surface area contributed by atoms with Gasteiger partial charge in [-0.15, -0.1) is 0 Å². The van der Waals surface area contributed by atoms with E-state index in [1.54, 1.807) is 4.90 Å². The van der Waals surface area contributed by atoms with E-state index in [1.165, 1.54) is 5.56 Å². The lowest BCUT2D eigenvalue weighted by Crippen LogP contribution is -2.52. The van der Waals surface area contributed by atoms with Gasteiger partial charge in [0.1, 0.15) is 11.4 Å². The molecule has 1 aromatic carbocycles. The molecule has 5 heteroatoms. The number of Topliss-reactive ketones (excluding diaryl/α,β-unsaturated/α-hetero) is 1. The van der Waals surface area contributed by atoms with Crippen molar-refractivity contribution in [1.82, 2.24) is 9.80 Å². The first kappa shape index (κ1) is 18.5. The first-order valence-electron chi connectivity index (χ1n) is 8.48. The van der Waals surface area contributed by atoms with Gasteiger partial charge in [0, 0.05) is 32.5 Å². The summed E-state index contributed by atoms with van der Waals surface area (Å²) < 4.78 is 5.50. The molecular weight excluding hydrogens is 304 g/mol. The molecule has 5 nitrogen and oxygen atoms in total. The molecule has 0 aromatic heterocycles. The van der Waals surface area contributed by atoms with Crippen LogP contribution in [0.25, 0.3) is 0 Å². The van der Waals surface area contributed by atoms with Gasteiger partial charge in [0.05, 0.1) is 6.04 Å². The van der Waals surface area contributed by atoms with Crippen molar-refractivity contribution >= 4 is 11.9 Å². The predicted molar refractivity (Wildman–Crippen MR) is 93.7 cm³/mol. The van der Waals surface area contributed by atoms with Gasteiger partial charge in [-0.2, -0.15) is 0 Å². The smallest absolute Gasteiger partial charge is 0.410 e. The highest BCUT2D eigenvalue weighted by molar-refractivity contribution is 5.82. The molecule has 1 fully saturated rings. The van der Waals surface area contributed by atoms with Crippen LogP contribution < -0.4 is 0 Å². The molecule has 1 aliphatic heterocycles. The van der Waals surface area contributed by atoms with Crippen LogP contribution in [0.4, 0.5) is 4.79 Å². The van der Waals surface area contributed by atoms with E-state index >= 15 is 0 Å². The summed E-state index contributed by atoms with van der Waals surface area (Å²) in [4.78, 5) is 28.2. The van der Waals surface area contributed by atoms with Crippen LogP contribution in [-0.4, -0.2) is 53.5 Å². The van der Waals surface area contributed by atoms with Crippen molar-refractivity contribution in [1.29, 1.82) is 0 Å². The van der Waals surface area contributed by atoms with Crippen molar-refractivity contribution in [3.05, 3.63) is 35.9 Å². The molecule has 0 spiro atoms. The minimum absolute atomic E-state index is 0.130. The molecule has 24 heavy (non-hydrogen) atoms. The van der Waals surface area contributed by atoms with Crippen molar-refractivity contribution in [3.63, 3.8) is 0 Å². The van der Waals surface area contributed by atoms with Crippen molar-refractivity contribution in [2.24, 2.45) is 0 Å². The summed E-state index contributed by atoms with van der Waals surface area (Å²) in [5, 5.41) is 0. The molecule has 1 aromatic rings. The molecule has 0 aliphatic carbocycles. The first-order chi connectivity index (χ1) is 11.2. The molecular formula is C19H28N2O3. The molecule has 0 N–H and O–H groups in total. The second-order valence-corrected chi connectivity index (χ2v) is 7.50. The number of benzene rings is 1. The Hall–Kier alpha value is -1.88. The first-order valence-corrected chi connectivity index (χ1v) is 8.48. The van der Waals surface area contributed by atoms with Gasteiger partial charge in [-0.05, 0) is 33.4 Å². The molecule has 0 saturated carbocycles. The molecule has 1 atom stereocenters. The van der Waals surface area contributed by atoms with Crippen molar-refractivity contribution in [2.75, 3.05) is 20.1 Å². The average molecular weight is 332 g/mol. The van der Waals surface area contributed by atoms with Gasteiger partial charge in [-0.3, -0.25) is 4.79 Å². The molecule has 1 unspecified atom stereocenters. The van der Waals surface area contributed by atoms with E-state index in [0.717, 1.165) is 6.54 Å². The summed E-state index contributed by atoms with van der Waals surface area (Å²) in [6, 6.07) is 10.0. The van der Waals surface area contributed by atoms with Gasteiger partial charge in [-0.1, -0.05) is 30.3 Å². The van der Waals surface area contributed by atoms with Crippen LogP contribution >= 0.6 is 0 Å². The Balaban J connectivity index is 2.00. The van der Waals surface area contributed by atoms with Crippen LogP contribution in [0.2, 0.25) is 0 Å². The van der Waals surface area contributed by atoms with Gasteiger partial charge in [0.2, 0.25) is 0 Å². The minimum Gasteiger partial charge on any atom is -0.444 e. The third kappa shape index (κ3) is 5.64. The summed E-state index contributed by atoms with van der Waals surface area (Å²) in [7, 11) is 2.01. The summed E-state index contributed by atoms with van der Waals surface area (Å²) in [5.74, 6) is 0.216. The quantitative estimate of drug-likeness (QED) is 0.850. The zero-order valence-electron chi connectivity index (χ0n) is 15.1. The van der Waals surface area contributed by atoms with Crippen LogP contribution in [-0.2, 0) is 16.1 Å². The minimum atomic E-state index is -0.529. The number of likely N-dealkylation sites (tertiary alicyclic amines) is 1. The van der Waals surface area contributed by atoms with E-state index < -0.39 is 5.60 Å². The summed E-state index contributed by atoms with van der Waals surface area (Å²) in [5.41, 5.74) is 0.685. The number of likely N-dealkylation sites (N-methyl/N-ethyl adjacent to an activating group) is 1. The standard InChI is InChI=1S/C19H28N2O3/c1-19(2,3)24-18(23)21-11-10-17(22)12-16(21)14-20(4)13-15-8-6-5-7-9-15/h5-9,16H,10-14H2,1-4H3. The number of rotatable bonds is 4. The second kappa shape index (κ2) is 7.79. The van der Waals surface area contributed by atoms with Crippen LogP contribution in [0.5, 0.6) is 0 Å². The monoisotopic (exact) mass is 332 g/mol. The van der Waals surface area contributed by atoms with Crippen molar-refractivity contribution in [2.45, 2.75) is 51.8 Å². The molecule has 1 heterocycles. The molecule has 1 saturated heterocycles. The number of piperidine rings is 1. The number of hydrogen-bond acceptors (Lipinski definition) is 4. The average Bonchev–Trinajstić information content (AvgIpc) is 2.46. The maximum absolute atomic E-state index is 12.4. The van der Waals surface area contributed by atoms with Crippen molar-refractivity contribution < 1.29 is 14.3 Å². The molecule has 0 bridgehead atoms. The van der Waals surface area contributed by atoms with E-state index in [0.29, 0.717) is 25.9 Å². The summed E-state index contributed by atoms with van der Waals surface area (Å²) >= 11 is 0. The largest absolute Gasteiger partial charge is 0.444 e. The van der Waals surface area contributed by atoms with Crippen LogP contribution in [0.1, 0.15) is 39.2 Å². The maximum Gasteiger partial charge on any atom is 0.410 e. The lowest BCUT2D eigenvalue weighted by Gasteiger charge is -2.38. The Morgan fingerprint density at radius 2 is 1.96 bits per heavy atom. The summed E-state index contributed by atoms with van der Waals surface area (Å²) in [6.07, 6.45) is 0.490. The Labute approximate surface area is 144 Å². The normalized spacial score (nSPS) is 18.8. The Bertz CT molecular complexity index is 566. The molecule has 2 rings (SSSR count). The highest BCUT2D eigenvalue weighted by Crippen LogP contribution is 2.20. The van der Waals surface area contributed by atoms with E-state index in [9.17, 15) is 9.59 Å². The molecule has 1 aliphatic rings. The topological polar surface area (TPSA) is 49.9 Å². The summed E-state index contributed by atoms with van der Waals surface area (Å²) in [6.45, 7) is 7.45.